The van der Waals surface area contributed by atoms with E-state index in [1.807, 2.05) is 0 Å². The molecule has 1 aromatic rings. The number of hydrogen-bond donors (Lipinski definition) is 2. The third-order valence-electron chi connectivity index (χ3n) is 2.52. The number of nitro benzene ring substituents is 1. The largest absolute Gasteiger partial charge is 0.478 e. The number of carboxylic acids is 1. The van der Waals surface area contributed by atoms with Crippen LogP contribution in [-0.2, 0) is 9.84 Å². The molecule has 0 heterocycles. The van der Waals surface area contributed by atoms with Crippen molar-refractivity contribution in [3.63, 3.8) is 0 Å². The third kappa shape index (κ3) is 4.99. The monoisotopic (exact) mass is 320 g/mol. The van der Waals surface area contributed by atoms with Gasteiger partial charge in [0.2, 0.25) is 0 Å². The molecule has 0 bridgehead atoms. The van der Waals surface area contributed by atoms with Crippen molar-refractivity contribution in [3.05, 3.63) is 33.6 Å². The third-order valence-corrected chi connectivity index (χ3v) is 3.55. The predicted molar refractivity (Wildman–Crippen MR) is 72.8 cm³/mol. The number of aromatic carboxylic acids is 1. The van der Waals surface area contributed by atoms with Crippen LogP contribution in [-0.4, -0.2) is 43.0 Å². The van der Waals surface area contributed by atoms with E-state index in [2.05, 4.69) is 5.32 Å². The highest BCUT2D eigenvalue weighted by Gasteiger charge is 2.21. The molecule has 0 aliphatic carbocycles. The molecule has 0 spiro atoms. The van der Waals surface area contributed by atoms with Gasteiger partial charge in [-0.3, -0.25) is 10.1 Å². The smallest absolute Gasteiger partial charge is 0.338 e. The fourth-order valence-electron chi connectivity index (χ4n) is 1.58. The van der Waals surface area contributed by atoms with Crippen molar-refractivity contribution in [2.24, 2.45) is 0 Å². The zero-order valence-electron chi connectivity index (χ0n) is 11.0. The molecule has 0 saturated heterocycles. The molecule has 0 fully saturated rings. The lowest BCUT2D eigenvalue weighted by atomic mass is 10.1. The number of carboxylic acid groups (broad SMARTS) is 1. The Morgan fingerprint density at radius 3 is 2.57 bits per heavy atom. The number of nitrogens with zero attached hydrogens (tertiary/aromatic N) is 1. The summed E-state index contributed by atoms with van der Waals surface area (Å²) < 4.78 is 35.3. The van der Waals surface area contributed by atoms with Crippen LogP contribution in [0.15, 0.2) is 12.1 Å². The maximum atomic E-state index is 13.4. The molecule has 1 aromatic carbocycles. The topological polar surface area (TPSA) is 127 Å². The number of carbonyl (C=O) groups is 1. The second-order valence-corrected chi connectivity index (χ2v) is 6.58. The maximum Gasteiger partial charge on any atom is 0.338 e. The Morgan fingerprint density at radius 2 is 2.10 bits per heavy atom. The van der Waals surface area contributed by atoms with Crippen LogP contribution in [0, 0.1) is 15.9 Å². The van der Waals surface area contributed by atoms with Crippen molar-refractivity contribution in [2.75, 3.05) is 23.9 Å². The highest BCUT2D eigenvalue weighted by atomic mass is 32.2. The minimum atomic E-state index is -3.16. The van der Waals surface area contributed by atoms with Crippen LogP contribution >= 0.6 is 0 Å². The Morgan fingerprint density at radius 1 is 1.48 bits per heavy atom. The van der Waals surface area contributed by atoms with Gasteiger partial charge >= 0.3 is 5.97 Å². The summed E-state index contributed by atoms with van der Waals surface area (Å²) in [6.45, 7) is 0.0681. The van der Waals surface area contributed by atoms with Gasteiger partial charge in [0.1, 0.15) is 21.3 Å². The molecular formula is C11H13FN2O6S. The number of nitro groups is 1. The van der Waals surface area contributed by atoms with Crippen LogP contribution in [0.2, 0.25) is 0 Å². The van der Waals surface area contributed by atoms with Gasteiger partial charge in [-0.2, -0.15) is 0 Å². The molecule has 0 unspecified atom stereocenters. The van der Waals surface area contributed by atoms with Gasteiger partial charge in [-0.1, -0.05) is 0 Å². The van der Waals surface area contributed by atoms with Crippen LogP contribution in [0.1, 0.15) is 16.8 Å². The number of rotatable bonds is 7. The van der Waals surface area contributed by atoms with Gasteiger partial charge in [0, 0.05) is 12.8 Å². The van der Waals surface area contributed by atoms with Crippen molar-refractivity contribution in [2.45, 2.75) is 6.42 Å². The van der Waals surface area contributed by atoms with Crippen LogP contribution < -0.4 is 5.32 Å². The first-order valence-corrected chi connectivity index (χ1v) is 7.80. The lowest BCUT2D eigenvalue weighted by molar-refractivity contribution is -0.384. The molecule has 21 heavy (non-hydrogen) atoms. The molecule has 0 radical (unpaired) electrons. The number of anilines is 1. The molecule has 0 saturated carbocycles. The Labute approximate surface area is 119 Å². The average Bonchev–Trinajstić information content (AvgIpc) is 2.33. The summed E-state index contributed by atoms with van der Waals surface area (Å²) in [5.74, 6) is -2.89. The zero-order chi connectivity index (χ0) is 16.2. The molecule has 8 nitrogen and oxygen atoms in total. The second kappa shape index (κ2) is 6.48. The lowest BCUT2D eigenvalue weighted by Gasteiger charge is -2.08. The molecule has 2 N–H and O–H groups in total. The fourth-order valence-corrected chi connectivity index (χ4v) is 2.25. The first kappa shape index (κ1) is 16.8. The van der Waals surface area contributed by atoms with Crippen LogP contribution in [0.3, 0.4) is 0 Å². The Balaban J connectivity index is 2.95. The van der Waals surface area contributed by atoms with Gasteiger partial charge in [-0.15, -0.1) is 0 Å². The normalized spacial score (nSPS) is 11.1. The number of nitrogens with one attached hydrogen (secondary N) is 1. The van der Waals surface area contributed by atoms with Crippen molar-refractivity contribution in [1.82, 2.24) is 0 Å². The highest BCUT2D eigenvalue weighted by molar-refractivity contribution is 7.90. The lowest BCUT2D eigenvalue weighted by Crippen LogP contribution is -2.12. The summed E-state index contributed by atoms with van der Waals surface area (Å²) in [7, 11) is -3.16. The number of hydrogen-bond acceptors (Lipinski definition) is 6. The molecule has 0 aromatic heterocycles. The van der Waals surface area contributed by atoms with Crippen molar-refractivity contribution >= 4 is 27.2 Å². The maximum absolute atomic E-state index is 13.4. The van der Waals surface area contributed by atoms with Gasteiger partial charge < -0.3 is 10.4 Å². The zero-order valence-corrected chi connectivity index (χ0v) is 11.8. The molecule has 0 aliphatic heterocycles. The summed E-state index contributed by atoms with van der Waals surface area (Å²) >= 11 is 0. The summed E-state index contributed by atoms with van der Waals surface area (Å²) in [5.41, 5.74) is -1.49. The van der Waals surface area contributed by atoms with E-state index in [0.29, 0.717) is 6.07 Å². The van der Waals surface area contributed by atoms with E-state index in [0.717, 1.165) is 12.3 Å². The Hall–Kier alpha value is -2.23. The van der Waals surface area contributed by atoms with E-state index in [1.54, 1.807) is 0 Å². The van der Waals surface area contributed by atoms with E-state index >= 15 is 0 Å². The molecule has 116 valence electrons. The predicted octanol–water partition coefficient (Wildman–Crippen LogP) is 1.28. The fraction of sp³-hybridized carbons (Fsp3) is 0.364. The minimum absolute atomic E-state index is 0.0681. The van der Waals surface area contributed by atoms with Crippen molar-refractivity contribution < 1.29 is 27.6 Å². The summed E-state index contributed by atoms with van der Waals surface area (Å²) in [6, 6.07) is 1.33. The van der Waals surface area contributed by atoms with Gasteiger partial charge in [-0.05, 0) is 12.5 Å². The van der Waals surface area contributed by atoms with E-state index in [4.69, 9.17) is 5.11 Å². The Kier molecular flexibility index (Phi) is 5.19. The van der Waals surface area contributed by atoms with Gasteiger partial charge in [0.25, 0.3) is 5.69 Å². The van der Waals surface area contributed by atoms with Gasteiger partial charge in [0.05, 0.1) is 22.3 Å². The molecule has 0 atom stereocenters. The number of halogens is 1. The second-order valence-electron chi connectivity index (χ2n) is 4.32. The summed E-state index contributed by atoms with van der Waals surface area (Å²) in [5, 5.41) is 22.1. The van der Waals surface area contributed by atoms with E-state index in [1.165, 1.54) is 0 Å². The summed E-state index contributed by atoms with van der Waals surface area (Å²) in [6.07, 6.45) is 1.23. The van der Waals surface area contributed by atoms with E-state index in [-0.39, 0.29) is 24.4 Å². The summed E-state index contributed by atoms with van der Waals surface area (Å²) in [4.78, 5) is 20.7. The SMILES string of the molecule is CS(=O)(=O)CCCNc1cc(C(=O)O)c(F)cc1[N+](=O)[O-]. The number of benzene rings is 1. The quantitative estimate of drug-likeness (QED) is 0.440. The average molecular weight is 320 g/mol. The van der Waals surface area contributed by atoms with Crippen LogP contribution in [0.5, 0.6) is 0 Å². The van der Waals surface area contributed by atoms with Crippen LogP contribution in [0.25, 0.3) is 0 Å². The standard InChI is InChI=1S/C11H13FN2O6S/c1-21(19,20)4-2-3-13-9-5-7(11(15)16)8(12)6-10(9)14(17)18/h5-6,13H,2-4H2,1H3,(H,15,16). The highest BCUT2D eigenvalue weighted by Crippen LogP contribution is 2.27. The molecule has 1 rings (SSSR count). The van der Waals surface area contributed by atoms with Gasteiger partial charge in [0.15, 0.2) is 0 Å². The molecule has 10 heteroatoms. The Bertz CT molecular complexity index is 674. The van der Waals surface area contributed by atoms with E-state index in [9.17, 15) is 27.7 Å². The molecule has 0 aliphatic rings. The molecule has 0 amide bonds. The van der Waals surface area contributed by atoms with Crippen LogP contribution in [0.4, 0.5) is 15.8 Å². The minimum Gasteiger partial charge on any atom is -0.478 e. The molecular weight excluding hydrogens is 307 g/mol. The van der Waals surface area contributed by atoms with Crippen molar-refractivity contribution in [1.29, 1.82) is 0 Å². The van der Waals surface area contributed by atoms with E-state index < -0.39 is 37.8 Å². The van der Waals surface area contributed by atoms with Crippen molar-refractivity contribution in [3.8, 4) is 0 Å². The number of sulfone groups is 1. The first-order chi connectivity index (χ1) is 9.61. The van der Waals surface area contributed by atoms with Gasteiger partial charge in [-0.25, -0.2) is 17.6 Å². The first-order valence-electron chi connectivity index (χ1n) is 5.74.